The lowest BCUT2D eigenvalue weighted by Crippen LogP contribution is -2.38. The van der Waals surface area contributed by atoms with E-state index >= 15 is 0 Å². The number of hydrogen-bond acceptors (Lipinski definition) is 2. The van der Waals surface area contributed by atoms with E-state index in [0.717, 1.165) is 12.1 Å². The number of carbonyl (C=O) groups is 2. The van der Waals surface area contributed by atoms with Crippen LogP contribution in [0.1, 0.15) is 39.2 Å². The van der Waals surface area contributed by atoms with Gasteiger partial charge in [0.15, 0.2) is 0 Å². The first-order valence-electron chi connectivity index (χ1n) is 6.92. The maximum absolute atomic E-state index is 12.5. The van der Waals surface area contributed by atoms with Crippen molar-refractivity contribution in [2.75, 3.05) is 4.90 Å². The van der Waals surface area contributed by atoms with Crippen LogP contribution in [0.2, 0.25) is 0 Å². The number of hydrogen-bond donors (Lipinski definition) is 1. The van der Waals surface area contributed by atoms with Gasteiger partial charge >= 0.3 is 5.97 Å². The predicted molar refractivity (Wildman–Crippen MR) is 77.7 cm³/mol. The SMILES string of the molecule is CC1Cc2ccccc2N1C(=O)CC(C)(C)CC(=O)O. The highest BCUT2D eigenvalue weighted by Gasteiger charge is 2.34. The third-order valence-electron chi connectivity index (χ3n) is 3.74. The van der Waals surface area contributed by atoms with Crippen molar-refractivity contribution in [2.45, 2.75) is 46.1 Å². The van der Waals surface area contributed by atoms with Crippen molar-refractivity contribution < 1.29 is 14.7 Å². The third kappa shape index (κ3) is 3.00. The molecule has 2 rings (SSSR count). The molecular weight excluding hydrogens is 254 g/mol. The van der Waals surface area contributed by atoms with Gasteiger partial charge in [0, 0.05) is 18.2 Å². The second-order valence-corrected chi connectivity index (χ2v) is 6.36. The molecule has 0 spiro atoms. The van der Waals surface area contributed by atoms with Crippen LogP contribution in [0, 0.1) is 5.41 Å². The van der Waals surface area contributed by atoms with E-state index in [2.05, 4.69) is 0 Å². The minimum atomic E-state index is -0.863. The number of fused-ring (bicyclic) bond motifs is 1. The fourth-order valence-corrected chi connectivity index (χ4v) is 2.91. The first kappa shape index (κ1) is 14.6. The molecule has 1 aliphatic rings. The minimum absolute atomic E-state index is 0.00259. The van der Waals surface area contributed by atoms with E-state index in [1.165, 1.54) is 5.56 Å². The summed E-state index contributed by atoms with van der Waals surface area (Å²) in [5.41, 5.74) is 1.63. The Bertz CT molecular complexity index is 536. The van der Waals surface area contributed by atoms with E-state index in [1.54, 1.807) is 0 Å². The standard InChI is InChI=1S/C16H21NO3/c1-11-8-12-6-4-5-7-13(12)17(11)14(18)9-16(2,3)10-15(19)20/h4-7,11H,8-10H2,1-3H3,(H,19,20). The fraction of sp³-hybridized carbons (Fsp3) is 0.500. The molecular formula is C16H21NO3. The zero-order chi connectivity index (χ0) is 14.9. The van der Waals surface area contributed by atoms with Gasteiger partial charge in [-0.05, 0) is 30.4 Å². The molecule has 1 aromatic carbocycles. The topological polar surface area (TPSA) is 57.6 Å². The summed E-state index contributed by atoms with van der Waals surface area (Å²) in [6, 6.07) is 8.05. The smallest absolute Gasteiger partial charge is 0.303 e. The molecule has 0 radical (unpaired) electrons. The Morgan fingerprint density at radius 3 is 2.60 bits per heavy atom. The summed E-state index contributed by atoms with van der Waals surface area (Å²) in [7, 11) is 0. The van der Waals surface area contributed by atoms with Crippen LogP contribution in [0.3, 0.4) is 0 Å². The normalized spacial score (nSPS) is 17.9. The quantitative estimate of drug-likeness (QED) is 0.919. The van der Waals surface area contributed by atoms with Gasteiger partial charge in [0.1, 0.15) is 0 Å². The Morgan fingerprint density at radius 2 is 1.95 bits per heavy atom. The Kier molecular flexibility index (Phi) is 3.84. The van der Waals surface area contributed by atoms with Crippen molar-refractivity contribution in [1.82, 2.24) is 0 Å². The largest absolute Gasteiger partial charge is 0.481 e. The molecule has 0 saturated heterocycles. The van der Waals surface area contributed by atoms with Gasteiger partial charge in [-0.2, -0.15) is 0 Å². The number of benzene rings is 1. The summed E-state index contributed by atoms with van der Waals surface area (Å²) >= 11 is 0. The van der Waals surface area contributed by atoms with Crippen molar-refractivity contribution in [3.63, 3.8) is 0 Å². The summed E-state index contributed by atoms with van der Waals surface area (Å²) in [6.45, 7) is 5.68. The number of amides is 1. The summed E-state index contributed by atoms with van der Waals surface area (Å²) in [4.78, 5) is 25.2. The van der Waals surface area contributed by atoms with Gasteiger partial charge in [-0.25, -0.2) is 0 Å². The third-order valence-corrected chi connectivity index (χ3v) is 3.74. The van der Waals surface area contributed by atoms with Crippen molar-refractivity contribution in [2.24, 2.45) is 5.41 Å². The summed E-state index contributed by atoms with van der Waals surface area (Å²) in [5.74, 6) is -0.855. The van der Waals surface area contributed by atoms with E-state index in [-0.39, 0.29) is 24.8 Å². The zero-order valence-corrected chi connectivity index (χ0v) is 12.2. The lowest BCUT2D eigenvalue weighted by Gasteiger charge is -2.28. The average Bonchev–Trinajstić information content (AvgIpc) is 2.61. The Balaban J connectivity index is 2.16. The number of carboxylic acids is 1. The molecule has 0 bridgehead atoms. The first-order chi connectivity index (χ1) is 9.30. The van der Waals surface area contributed by atoms with Gasteiger partial charge in [0.25, 0.3) is 0 Å². The number of carbonyl (C=O) groups excluding carboxylic acids is 1. The lowest BCUT2D eigenvalue weighted by molar-refractivity contribution is -0.139. The first-order valence-corrected chi connectivity index (χ1v) is 6.92. The number of aliphatic carboxylic acids is 1. The van der Waals surface area contributed by atoms with Gasteiger partial charge in [0.2, 0.25) is 5.91 Å². The van der Waals surface area contributed by atoms with E-state index in [4.69, 9.17) is 5.11 Å². The van der Waals surface area contributed by atoms with Crippen LogP contribution in [0.25, 0.3) is 0 Å². The molecule has 4 heteroatoms. The van der Waals surface area contributed by atoms with Crippen LogP contribution in [-0.2, 0) is 16.0 Å². The molecule has 0 fully saturated rings. The van der Waals surface area contributed by atoms with Crippen LogP contribution in [0.5, 0.6) is 0 Å². The second-order valence-electron chi connectivity index (χ2n) is 6.36. The van der Waals surface area contributed by atoms with Crippen molar-refractivity contribution in [3.05, 3.63) is 29.8 Å². The Hall–Kier alpha value is -1.84. The number of carboxylic acid groups (broad SMARTS) is 1. The van der Waals surface area contributed by atoms with Gasteiger partial charge in [-0.1, -0.05) is 32.0 Å². The Labute approximate surface area is 119 Å². The Morgan fingerprint density at radius 1 is 1.30 bits per heavy atom. The number of para-hydroxylation sites is 1. The molecule has 1 atom stereocenters. The lowest BCUT2D eigenvalue weighted by atomic mass is 9.85. The molecule has 1 unspecified atom stereocenters. The minimum Gasteiger partial charge on any atom is -0.481 e. The maximum Gasteiger partial charge on any atom is 0.303 e. The van der Waals surface area contributed by atoms with Gasteiger partial charge in [-0.15, -0.1) is 0 Å². The molecule has 1 N–H and O–H groups in total. The average molecular weight is 275 g/mol. The van der Waals surface area contributed by atoms with E-state index in [0.29, 0.717) is 0 Å². The number of anilines is 1. The molecule has 1 heterocycles. The van der Waals surface area contributed by atoms with Crippen LogP contribution in [0.4, 0.5) is 5.69 Å². The molecule has 108 valence electrons. The molecule has 0 aromatic heterocycles. The van der Waals surface area contributed by atoms with Gasteiger partial charge in [-0.3, -0.25) is 9.59 Å². The van der Waals surface area contributed by atoms with Crippen molar-refractivity contribution in [3.8, 4) is 0 Å². The number of nitrogens with zero attached hydrogens (tertiary/aromatic N) is 1. The van der Waals surface area contributed by atoms with Crippen molar-refractivity contribution in [1.29, 1.82) is 0 Å². The van der Waals surface area contributed by atoms with Gasteiger partial charge in [0.05, 0.1) is 6.42 Å². The van der Waals surface area contributed by atoms with E-state index < -0.39 is 11.4 Å². The molecule has 20 heavy (non-hydrogen) atoms. The molecule has 0 aliphatic carbocycles. The van der Waals surface area contributed by atoms with Crippen LogP contribution in [-0.4, -0.2) is 23.0 Å². The maximum atomic E-state index is 12.5. The predicted octanol–water partition coefficient (Wildman–Crippen LogP) is 2.86. The van der Waals surface area contributed by atoms with E-state index in [9.17, 15) is 9.59 Å². The zero-order valence-electron chi connectivity index (χ0n) is 12.2. The van der Waals surface area contributed by atoms with Crippen molar-refractivity contribution >= 4 is 17.6 Å². The highest BCUT2D eigenvalue weighted by molar-refractivity contribution is 5.96. The summed E-state index contributed by atoms with van der Waals surface area (Å²) < 4.78 is 0. The molecule has 1 aromatic rings. The highest BCUT2D eigenvalue weighted by atomic mass is 16.4. The fourth-order valence-electron chi connectivity index (χ4n) is 2.91. The highest BCUT2D eigenvalue weighted by Crippen LogP contribution is 2.35. The molecule has 4 nitrogen and oxygen atoms in total. The molecule has 0 saturated carbocycles. The number of rotatable bonds is 4. The summed E-state index contributed by atoms with van der Waals surface area (Å²) in [6.07, 6.45) is 1.11. The van der Waals surface area contributed by atoms with Gasteiger partial charge < -0.3 is 10.0 Å². The van der Waals surface area contributed by atoms with Crippen LogP contribution >= 0.6 is 0 Å². The monoisotopic (exact) mass is 275 g/mol. The van der Waals surface area contributed by atoms with Crippen LogP contribution < -0.4 is 4.90 Å². The second kappa shape index (κ2) is 5.27. The van der Waals surface area contributed by atoms with E-state index in [1.807, 2.05) is 49.9 Å². The van der Waals surface area contributed by atoms with Crippen LogP contribution in [0.15, 0.2) is 24.3 Å². The summed E-state index contributed by atoms with van der Waals surface area (Å²) in [5, 5.41) is 8.91. The molecule has 1 amide bonds. The molecule has 1 aliphatic heterocycles.